The van der Waals surface area contributed by atoms with Crippen molar-refractivity contribution in [3.05, 3.63) is 34.1 Å². The molecule has 2 rings (SSSR count). The lowest BCUT2D eigenvalue weighted by Crippen LogP contribution is -1.80. The molecule has 2 aromatic rings. The summed E-state index contributed by atoms with van der Waals surface area (Å²) in [7, 11) is 0. The number of halogens is 3. The van der Waals surface area contributed by atoms with Gasteiger partial charge in [-0.25, -0.2) is 0 Å². The predicted molar refractivity (Wildman–Crippen MR) is 59.3 cm³/mol. The van der Waals surface area contributed by atoms with Crippen molar-refractivity contribution in [1.29, 1.82) is 0 Å². The minimum Gasteiger partial charge on any atom is -0.419 e. The summed E-state index contributed by atoms with van der Waals surface area (Å²) in [4.78, 5) is 0. The molecule has 6 heteroatoms. The van der Waals surface area contributed by atoms with Crippen molar-refractivity contribution in [3.8, 4) is 11.5 Å². The van der Waals surface area contributed by atoms with E-state index in [1.807, 2.05) is 0 Å². The zero-order valence-electron chi connectivity index (χ0n) is 7.38. The van der Waals surface area contributed by atoms with Crippen molar-refractivity contribution < 1.29 is 4.42 Å². The highest BCUT2D eigenvalue weighted by Gasteiger charge is 2.12. The van der Waals surface area contributed by atoms with E-state index in [2.05, 4.69) is 10.2 Å². The zero-order valence-corrected chi connectivity index (χ0v) is 9.64. The van der Waals surface area contributed by atoms with Crippen LogP contribution in [-0.2, 0) is 5.88 Å². The Bertz CT molecular complexity index is 484. The summed E-state index contributed by atoms with van der Waals surface area (Å²) in [6.45, 7) is 0. The second-order valence-corrected chi connectivity index (χ2v) is 3.79. The molecule has 0 aliphatic heterocycles. The molecule has 1 aromatic carbocycles. The van der Waals surface area contributed by atoms with Crippen molar-refractivity contribution >= 4 is 34.8 Å². The zero-order chi connectivity index (χ0) is 10.8. The highest BCUT2D eigenvalue weighted by molar-refractivity contribution is 6.43. The maximum Gasteiger partial charge on any atom is 0.249 e. The van der Waals surface area contributed by atoms with Crippen molar-refractivity contribution in [2.75, 3.05) is 0 Å². The van der Waals surface area contributed by atoms with Gasteiger partial charge < -0.3 is 4.42 Å². The summed E-state index contributed by atoms with van der Waals surface area (Å²) in [5.41, 5.74) is 0.605. The molecule has 0 bridgehead atoms. The largest absolute Gasteiger partial charge is 0.419 e. The molecule has 15 heavy (non-hydrogen) atoms. The molecule has 0 fully saturated rings. The van der Waals surface area contributed by atoms with Gasteiger partial charge in [0.25, 0.3) is 0 Å². The molecule has 0 aliphatic rings. The molecule has 1 aromatic heterocycles. The Hall–Kier alpha value is -0.770. The first kappa shape index (κ1) is 10.7. The Balaban J connectivity index is 2.49. The molecule has 0 saturated heterocycles. The fourth-order valence-corrected chi connectivity index (χ4v) is 1.57. The van der Waals surface area contributed by atoms with E-state index >= 15 is 0 Å². The van der Waals surface area contributed by atoms with Crippen LogP contribution in [0.3, 0.4) is 0 Å². The van der Waals surface area contributed by atoms with Crippen LogP contribution in [0.2, 0.25) is 10.0 Å². The smallest absolute Gasteiger partial charge is 0.249 e. The molecule has 0 unspecified atom stereocenters. The summed E-state index contributed by atoms with van der Waals surface area (Å²) in [5.74, 6) is 0.839. The van der Waals surface area contributed by atoms with E-state index in [1.165, 1.54) is 0 Å². The molecule has 0 radical (unpaired) electrons. The second-order valence-electron chi connectivity index (χ2n) is 2.74. The molecule has 0 aliphatic carbocycles. The topological polar surface area (TPSA) is 38.9 Å². The van der Waals surface area contributed by atoms with Gasteiger partial charge in [-0.15, -0.1) is 21.8 Å². The third-order valence-corrected chi connectivity index (χ3v) is 2.81. The van der Waals surface area contributed by atoms with Crippen molar-refractivity contribution in [3.63, 3.8) is 0 Å². The molecule has 0 saturated carbocycles. The second kappa shape index (κ2) is 4.39. The van der Waals surface area contributed by atoms with Gasteiger partial charge in [0.1, 0.15) is 5.88 Å². The summed E-state index contributed by atoms with van der Waals surface area (Å²) < 4.78 is 5.26. The van der Waals surface area contributed by atoms with Crippen LogP contribution >= 0.6 is 34.8 Å². The normalized spacial score (nSPS) is 10.6. The lowest BCUT2D eigenvalue weighted by Gasteiger charge is -1.99. The number of alkyl halides is 1. The Morgan fingerprint density at radius 1 is 1.20 bits per heavy atom. The molecule has 0 spiro atoms. The standard InChI is InChI=1S/C9H5Cl3N2O/c10-4-7-13-14-9(15-7)5-2-1-3-6(11)8(5)12/h1-3H,4H2. The molecular weight excluding hydrogens is 258 g/mol. The Morgan fingerprint density at radius 2 is 2.00 bits per heavy atom. The van der Waals surface area contributed by atoms with Crippen LogP contribution < -0.4 is 0 Å². The fraction of sp³-hybridized carbons (Fsp3) is 0.111. The van der Waals surface area contributed by atoms with Gasteiger partial charge in [0.05, 0.1) is 15.6 Å². The number of nitrogens with zero attached hydrogens (tertiary/aromatic N) is 2. The SMILES string of the molecule is ClCc1nnc(-c2cccc(Cl)c2Cl)o1. The molecular formula is C9H5Cl3N2O. The van der Waals surface area contributed by atoms with Crippen LogP contribution in [-0.4, -0.2) is 10.2 Å². The minimum absolute atomic E-state index is 0.172. The van der Waals surface area contributed by atoms with E-state index in [-0.39, 0.29) is 5.88 Å². The molecule has 1 heterocycles. The van der Waals surface area contributed by atoms with Gasteiger partial charge in [-0.3, -0.25) is 0 Å². The first-order valence-corrected chi connectivity index (χ1v) is 5.34. The summed E-state index contributed by atoms with van der Waals surface area (Å²) >= 11 is 17.4. The lowest BCUT2D eigenvalue weighted by molar-refractivity contribution is 0.527. The Kier molecular flexibility index (Phi) is 3.14. The van der Waals surface area contributed by atoms with E-state index in [0.717, 1.165) is 0 Å². The van der Waals surface area contributed by atoms with Crippen LogP contribution in [0.1, 0.15) is 5.89 Å². The van der Waals surface area contributed by atoms with E-state index in [4.69, 9.17) is 39.2 Å². The van der Waals surface area contributed by atoms with Gasteiger partial charge in [0.15, 0.2) is 0 Å². The van der Waals surface area contributed by atoms with E-state index in [9.17, 15) is 0 Å². The molecule has 78 valence electrons. The van der Waals surface area contributed by atoms with Gasteiger partial charge in [-0.2, -0.15) is 0 Å². The molecule has 0 amide bonds. The summed E-state index contributed by atoms with van der Waals surface area (Å²) in [6, 6.07) is 5.19. The monoisotopic (exact) mass is 262 g/mol. The van der Waals surface area contributed by atoms with Gasteiger partial charge in [-0.1, -0.05) is 29.3 Å². The van der Waals surface area contributed by atoms with Crippen molar-refractivity contribution in [2.45, 2.75) is 5.88 Å². The van der Waals surface area contributed by atoms with Crippen LogP contribution in [0, 0.1) is 0 Å². The average Bonchev–Trinajstić information content (AvgIpc) is 2.70. The Morgan fingerprint density at radius 3 is 2.67 bits per heavy atom. The summed E-state index contributed by atoms with van der Waals surface area (Å²) in [5, 5.41) is 8.38. The third kappa shape index (κ3) is 2.09. The molecule has 3 nitrogen and oxygen atoms in total. The lowest BCUT2D eigenvalue weighted by atomic mass is 10.2. The molecule has 0 N–H and O–H groups in total. The quantitative estimate of drug-likeness (QED) is 0.774. The minimum atomic E-state index is 0.172. The van der Waals surface area contributed by atoms with Gasteiger partial charge in [-0.05, 0) is 12.1 Å². The fourth-order valence-electron chi connectivity index (χ4n) is 1.09. The van der Waals surface area contributed by atoms with Gasteiger partial charge in [0.2, 0.25) is 11.8 Å². The Labute approximate surface area is 101 Å². The first-order valence-electron chi connectivity index (χ1n) is 4.05. The van der Waals surface area contributed by atoms with Crippen LogP contribution in [0.25, 0.3) is 11.5 Å². The first-order chi connectivity index (χ1) is 7.22. The highest BCUT2D eigenvalue weighted by atomic mass is 35.5. The van der Waals surface area contributed by atoms with Crippen LogP contribution in [0.4, 0.5) is 0 Å². The number of hydrogen-bond donors (Lipinski definition) is 0. The van der Waals surface area contributed by atoms with Crippen LogP contribution in [0.15, 0.2) is 22.6 Å². The maximum absolute atomic E-state index is 5.99. The number of benzene rings is 1. The van der Waals surface area contributed by atoms with Crippen molar-refractivity contribution in [2.24, 2.45) is 0 Å². The third-order valence-electron chi connectivity index (χ3n) is 1.76. The number of rotatable bonds is 2. The van der Waals surface area contributed by atoms with Crippen LogP contribution in [0.5, 0.6) is 0 Å². The van der Waals surface area contributed by atoms with E-state index in [0.29, 0.717) is 27.4 Å². The average molecular weight is 264 g/mol. The summed E-state index contributed by atoms with van der Waals surface area (Å²) in [6.07, 6.45) is 0. The van der Waals surface area contributed by atoms with Crippen molar-refractivity contribution in [1.82, 2.24) is 10.2 Å². The molecule has 0 atom stereocenters. The van der Waals surface area contributed by atoms with E-state index < -0.39 is 0 Å². The van der Waals surface area contributed by atoms with E-state index in [1.54, 1.807) is 18.2 Å². The number of aromatic nitrogens is 2. The van der Waals surface area contributed by atoms with Gasteiger partial charge >= 0.3 is 0 Å². The highest BCUT2D eigenvalue weighted by Crippen LogP contribution is 2.32. The maximum atomic E-state index is 5.99. The van der Waals surface area contributed by atoms with Gasteiger partial charge in [0, 0.05) is 0 Å². The predicted octanol–water partition coefficient (Wildman–Crippen LogP) is 3.78. The number of hydrogen-bond acceptors (Lipinski definition) is 3.